The second-order valence-electron chi connectivity index (χ2n) is 7.02. The lowest BCUT2D eigenvalue weighted by Crippen LogP contribution is -2.27. The first-order chi connectivity index (χ1) is 10.4. The van der Waals surface area contributed by atoms with Gasteiger partial charge in [-0.05, 0) is 56.5 Å². The molecule has 1 aromatic rings. The Labute approximate surface area is 145 Å². The van der Waals surface area contributed by atoms with Crippen LogP contribution in [0.3, 0.4) is 0 Å². The summed E-state index contributed by atoms with van der Waals surface area (Å²) < 4.78 is 10.9. The fraction of sp³-hybridized carbons (Fsp3) is 0.611. The van der Waals surface area contributed by atoms with Gasteiger partial charge in [0, 0.05) is 13.1 Å². The minimum atomic E-state index is -0.269. The van der Waals surface area contributed by atoms with Gasteiger partial charge in [0.1, 0.15) is 12.4 Å². The third-order valence-electron chi connectivity index (χ3n) is 3.86. The molecular weight excluding hydrogens is 314 g/mol. The van der Waals surface area contributed by atoms with Crippen LogP contribution in [0, 0.1) is 5.41 Å². The number of halogens is 1. The molecule has 0 bridgehead atoms. The summed E-state index contributed by atoms with van der Waals surface area (Å²) >= 11 is 0. The molecule has 0 radical (unpaired) electrons. The van der Waals surface area contributed by atoms with Gasteiger partial charge in [-0.3, -0.25) is 4.90 Å². The molecule has 0 spiro atoms. The quantitative estimate of drug-likeness (QED) is 0.738. The molecule has 0 aliphatic carbocycles. The van der Waals surface area contributed by atoms with E-state index in [2.05, 4.69) is 18.7 Å². The van der Waals surface area contributed by atoms with Crippen molar-refractivity contribution in [1.29, 1.82) is 0 Å². The van der Waals surface area contributed by atoms with Crippen molar-refractivity contribution in [1.82, 2.24) is 4.90 Å². The summed E-state index contributed by atoms with van der Waals surface area (Å²) in [5.74, 6) is 0.500. The Balaban J connectivity index is 0.00000264. The number of esters is 1. The van der Waals surface area contributed by atoms with Crippen LogP contribution in [0.15, 0.2) is 24.3 Å². The highest BCUT2D eigenvalue weighted by atomic mass is 35.5. The molecule has 130 valence electrons. The van der Waals surface area contributed by atoms with Crippen LogP contribution in [0.4, 0.5) is 0 Å². The van der Waals surface area contributed by atoms with Crippen molar-refractivity contribution in [3.63, 3.8) is 0 Å². The lowest BCUT2D eigenvalue weighted by Gasteiger charge is -2.19. The zero-order valence-corrected chi connectivity index (χ0v) is 15.3. The molecule has 1 fully saturated rings. The largest absolute Gasteiger partial charge is 0.491 e. The molecule has 23 heavy (non-hydrogen) atoms. The fourth-order valence-electron chi connectivity index (χ4n) is 2.71. The number of carbonyl (C=O) groups is 1. The zero-order chi connectivity index (χ0) is 16.2. The van der Waals surface area contributed by atoms with Crippen LogP contribution >= 0.6 is 12.4 Å². The maximum absolute atomic E-state index is 12.0. The molecule has 2 rings (SSSR count). The summed E-state index contributed by atoms with van der Waals surface area (Å²) in [6.07, 6.45) is 1.33. The van der Waals surface area contributed by atoms with E-state index in [0.29, 0.717) is 17.6 Å². The third kappa shape index (κ3) is 6.40. The Morgan fingerprint density at radius 2 is 1.91 bits per heavy atom. The lowest BCUT2D eigenvalue weighted by molar-refractivity contribution is 0.0469. The average Bonchev–Trinajstić information content (AvgIpc) is 2.78. The second kappa shape index (κ2) is 8.55. The van der Waals surface area contributed by atoms with Crippen LogP contribution in [0.25, 0.3) is 0 Å². The van der Waals surface area contributed by atoms with E-state index in [-0.39, 0.29) is 24.5 Å². The Hall–Kier alpha value is -1.26. The van der Waals surface area contributed by atoms with Crippen molar-refractivity contribution in [2.24, 2.45) is 5.41 Å². The Morgan fingerprint density at radius 1 is 1.26 bits per heavy atom. The number of carbonyl (C=O) groups excluding carboxylic acids is 1. The lowest BCUT2D eigenvalue weighted by atomic mass is 9.93. The minimum Gasteiger partial charge on any atom is -0.491 e. The predicted octanol–water partition coefficient (Wildman–Crippen LogP) is 3.78. The van der Waals surface area contributed by atoms with Crippen LogP contribution in [0.2, 0.25) is 0 Å². The maximum atomic E-state index is 12.0. The highest BCUT2D eigenvalue weighted by Crippen LogP contribution is 2.28. The highest BCUT2D eigenvalue weighted by Gasteiger charge is 2.28. The van der Waals surface area contributed by atoms with Crippen molar-refractivity contribution in [2.45, 2.75) is 40.2 Å². The van der Waals surface area contributed by atoms with Gasteiger partial charge in [0.05, 0.1) is 11.7 Å². The first-order valence-electron chi connectivity index (χ1n) is 8.02. The minimum absolute atomic E-state index is 0. The molecule has 0 saturated carbocycles. The van der Waals surface area contributed by atoms with Crippen LogP contribution in [0.1, 0.15) is 44.5 Å². The highest BCUT2D eigenvalue weighted by molar-refractivity contribution is 5.89. The summed E-state index contributed by atoms with van der Waals surface area (Å²) in [6.45, 7) is 11.9. The number of benzene rings is 1. The molecule has 1 aliphatic heterocycles. The van der Waals surface area contributed by atoms with Crippen molar-refractivity contribution in [2.75, 3.05) is 26.2 Å². The Kier molecular flexibility index (Phi) is 7.36. The van der Waals surface area contributed by atoms with Gasteiger partial charge in [-0.2, -0.15) is 0 Å². The predicted molar refractivity (Wildman–Crippen MR) is 94.6 cm³/mol. The molecule has 0 amide bonds. The first-order valence-corrected chi connectivity index (χ1v) is 8.02. The maximum Gasteiger partial charge on any atom is 0.338 e. The second-order valence-corrected chi connectivity index (χ2v) is 7.02. The summed E-state index contributed by atoms with van der Waals surface area (Å²) in [5.41, 5.74) is 0.953. The summed E-state index contributed by atoms with van der Waals surface area (Å²) in [5, 5.41) is 0. The molecule has 5 heteroatoms. The zero-order valence-electron chi connectivity index (χ0n) is 14.5. The Morgan fingerprint density at radius 3 is 2.43 bits per heavy atom. The molecule has 0 N–H and O–H groups in total. The fourth-order valence-corrected chi connectivity index (χ4v) is 2.71. The molecule has 1 aliphatic rings. The number of likely N-dealkylation sites (tertiary alicyclic amines) is 1. The number of nitrogens with zero attached hydrogens (tertiary/aromatic N) is 1. The summed E-state index contributed by atoms with van der Waals surface area (Å²) in [4.78, 5) is 14.4. The van der Waals surface area contributed by atoms with Crippen LogP contribution < -0.4 is 4.74 Å². The first kappa shape index (κ1) is 19.8. The molecule has 1 saturated heterocycles. The molecule has 0 unspecified atom stereocenters. The normalized spacial score (nSPS) is 16.9. The van der Waals surface area contributed by atoms with E-state index in [4.69, 9.17) is 9.47 Å². The van der Waals surface area contributed by atoms with Crippen molar-refractivity contribution < 1.29 is 14.3 Å². The van der Waals surface area contributed by atoms with Gasteiger partial charge in [-0.15, -0.1) is 12.4 Å². The number of hydrogen-bond donors (Lipinski definition) is 0. The molecule has 1 aromatic carbocycles. The molecule has 0 aromatic heterocycles. The number of ether oxygens (including phenoxy) is 2. The van der Waals surface area contributed by atoms with Gasteiger partial charge in [-0.1, -0.05) is 13.8 Å². The number of rotatable bonds is 6. The third-order valence-corrected chi connectivity index (χ3v) is 3.86. The van der Waals surface area contributed by atoms with Crippen LogP contribution in [-0.4, -0.2) is 43.2 Å². The van der Waals surface area contributed by atoms with E-state index in [1.54, 1.807) is 24.3 Å². The van der Waals surface area contributed by atoms with E-state index in [9.17, 15) is 4.79 Å². The molecular formula is C18H28ClNO3. The average molecular weight is 342 g/mol. The number of hydrogen-bond acceptors (Lipinski definition) is 4. The van der Waals surface area contributed by atoms with Gasteiger partial charge in [-0.25, -0.2) is 4.79 Å². The van der Waals surface area contributed by atoms with Gasteiger partial charge in [0.25, 0.3) is 0 Å². The topological polar surface area (TPSA) is 38.8 Å². The van der Waals surface area contributed by atoms with Gasteiger partial charge < -0.3 is 9.47 Å². The van der Waals surface area contributed by atoms with Crippen molar-refractivity contribution in [3.05, 3.63) is 29.8 Å². The standard InChI is InChI=1S/C18H27NO3.ClH/c1-14(2)22-16-7-5-15(6-8-16)17(20)21-12-11-19-10-9-18(3,4)13-19;/h5-8,14H,9-13H2,1-4H3;1H. The SMILES string of the molecule is CC(C)Oc1ccc(C(=O)OCCN2CCC(C)(C)C2)cc1.Cl. The van der Waals surface area contributed by atoms with Crippen molar-refractivity contribution in [3.8, 4) is 5.75 Å². The van der Waals surface area contributed by atoms with E-state index in [1.165, 1.54) is 6.42 Å². The summed E-state index contributed by atoms with van der Waals surface area (Å²) in [7, 11) is 0. The molecule has 1 heterocycles. The monoisotopic (exact) mass is 341 g/mol. The van der Waals surface area contributed by atoms with Crippen molar-refractivity contribution >= 4 is 18.4 Å². The smallest absolute Gasteiger partial charge is 0.338 e. The van der Waals surface area contributed by atoms with Crippen LogP contribution in [-0.2, 0) is 4.74 Å². The molecule has 0 atom stereocenters. The van der Waals surface area contributed by atoms with E-state index >= 15 is 0 Å². The van der Waals surface area contributed by atoms with E-state index in [1.807, 2.05) is 13.8 Å². The van der Waals surface area contributed by atoms with Gasteiger partial charge in [0.2, 0.25) is 0 Å². The van der Waals surface area contributed by atoms with Crippen LogP contribution in [0.5, 0.6) is 5.75 Å². The Bertz CT molecular complexity index is 499. The molecule has 4 nitrogen and oxygen atoms in total. The van der Waals surface area contributed by atoms with Gasteiger partial charge >= 0.3 is 5.97 Å². The summed E-state index contributed by atoms with van der Waals surface area (Å²) in [6, 6.07) is 7.11. The van der Waals surface area contributed by atoms with E-state index < -0.39 is 0 Å². The van der Waals surface area contributed by atoms with E-state index in [0.717, 1.165) is 25.4 Å². The van der Waals surface area contributed by atoms with Gasteiger partial charge in [0.15, 0.2) is 0 Å².